The second-order valence-electron chi connectivity index (χ2n) is 6.87. The molecule has 1 heterocycles. The molecule has 1 aromatic rings. The fourth-order valence-corrected chi connectivity index (χ4v) is 3.91. The molecular weight excluding hydrogens is 328 g/mol. The van der Waals surface area contributed by atoms with Crippen LogP contribution in [0.25, 0.3) is 0 Å². The second kappa shape index (κ2) is 7.11. The van der Waals surface area contributed by atoms with Gasteiger partial charge in [0.15, 0.2) is 0 Å². The van der Waals surface area contributed by atoms with Gasteiger partial charge in [0.05, 0.1) is 4.90 Å². The molecule has 6 nitrogen and oxygen atoms in total. The van der Waals surface area contributed by atoms with Crippen LogP contribution < -0.4 is 0 Å². The lowest BCUT2D eigenvalue weighted by atomic mass is 10.2. The van der Waals surface area contributed by atoms with Gasteiger partial charge in [-0.1, -0.05) is 19.1 Å². The summed E-state index contributed by atoms with van der Waals surface area (Å²) < 4.78 is 32.1. The average Bonchev–Trinajstić information content (AvgIpc) is 2.53. The van der Waals surface area contributed by atoms with Crippen LogP contribution in [0.2, 0.25) is 0 Å². The maximum Gasteiger partial charge on any atom is 0.410 e. The number of sulfonamides is 1. The summed E-state index contributed by atoms with van der Waals surface area (Å²) >= 11 is 0. The van der Waals surface area contributed by atoms with Gasteiger partial charge < -0.3 is 9.64 Å². The molecule has 0 aliphatic carbocycles. The molecule has 134 valence electrons. The molecule has 24 heavy (non-hydrogen) atoms. The third kappa shape index (κ3) is 4.48. The summed E-state index contributed by atoms with van der Waals surface area (Å²) in [5.74, 6) is 0. The van der Waals surface area contributed by atoms with Gasteiger partial charge in [-0.15, -0.1) is 0 Å². The van der Waals surface area contributed by atoms with E-state index in [4.69, 9.17) is 4.74 Å². The molecule has 0 N–H and O–H groups in total. The van der Waals surface area contributed by atoms with Crippen LogP contribution in [0.5, 0.6) is 0 Å². The summed E-state index contributed by atoms with van der Waals surface area (Å²) in [6.45, 7) is 8.68. The number of hydrogen-bond acceptors (Lipinski definition) is 4. The van der Waals surface area contributed by atoms with Crippen molar-refractivity contribution in [2.75, 3.05) is 26.2 Å². The summed E-state index contributed by atoms with van der Waals surface area (Å²) in [6, 6.07) is 6.97. The van der Waals surface area contributed by atoms with E-state index >= 15 is 0 Å². The molecule has 0 aromatic heterocycles. The lowest BCUT2D eigenvalue weighted by Crippen LogP contribution is -2.51. The molecule has 0 radical (unpaired) electrons. The van der Waals surface area contributed by atoms with E-state index < -0.39 is 21.7 Å². The monoisotopic (exact) mass is 354 g/mol. The van der Waals surface area contributed by atoms with Crippen molar-refractivity contribution < 1.29 is 17.9 Å². The largest absolute Gasteiger partial charge is 0.444 e. The maximum atomic E-state index is 12.7. The van der Waals surface area contributed by atoms with Crippen LogP contribution in [-0.2, 0) is 21.2 Å². The number of rotatable bonds is 3. The number of amides is 1. The summed E-state index contributed by atoms with van der Waals surface area (Å²) in [4.78, 5) is 13.9. The number of ether oxygens (including phenoxy) is 1. The lowest BCUT2D eigenvalue weighted by Gasteiger charge is -2.35. The molecule has 1 fully saturated rings. The van der Waals surface area contributed by atoms with Crippen molar-refractivity contribution in [3.63, 3.8) is 0 Å². The maximum absolute atomic E-state index is 12.7. The summed E-state index contributed by atoms with van der Waals surface area (Å²) in [5, 5.41) is 0. The number of nitrogens with zero attached hydrogens (tertiary/aromatic N) is 2. The molecule has 0 saturated carbocycles. The number of hydrogen-bond donors (Lipinski definition) is 0. The minimum Gasteiger partial charge on any atom is -0.444 e. The topological polar surface area (TPSA) is 66.9 Å². The Morgan fingerprint density at radius 1 is 1.08 bits per heavy atom. The molecule has 1 amide bonds. The van der Waals surface area contributed by atoms with Crippen LogP contribution in [-0.4, -0.2) is 55.5 Å². The Hall–Kier alpha value is -1.60. The van der Waals surface area contributed by atoms with Crippen LogP contribution >= 0.6 is 0 Å². The zero-order chi connectivity index (χ0) is 18.0. The van der Waals surface area contributed by atoms with E-state index in [1.54, 1.807) is 17.0 Å². The molecule has 0 atom stereocenters. The predicted molar refractivity (Wildman–Crippen MR) is 92.4 cm³/mol. The highest BCUT2D eigenvalue weighted by Crippen LogP contribution is 2.19. The van der Waals surface area contributed by atoms with Crippen LogP contribution in [0, 0.1) is 0 Å². The van der Waals surface area contributed by atoms with Crippen molar-refractivity contribution in [2.45, 2.75) is 44.6 Å². The fourth-order valence-electron chi connectivity index (χ4n) is 2.48. The van der Waals surface area contributed by atoms with Gasteiger partial charge >= 0.3 is 6.09 Å². The third-order valence-electron chi connectivity index (χ3n) is 3.86. The van der Waals surface area contributed by atoms with Gasteiger partial charge in [0, 0.05) is 26.2 Å². The van der Waals surface area contributed by atoms with Gasteiger partial charge in [-0.2, -0.15) is 4.31 Å². The Bertz CT molecular complexity index is 670. The first kappa shape index (κ1) is 18.7. The van der Waals surface area contributed by atoms with Crippen molar-refractivity contribution in [1.29, 1.82) is 0 Å². The number of benzene rings is 1. The first-order chi connectivity index (χ1) is 11.1. The van der Waals surface area contributed by atoms with Crippen LogP contribution in [0.4, 0.5) is 4.79 Å². The van der Waals surface area contributed by atoms with E-state index in [2.05, 4.69) is 0 Å². The minimum absolute atomic E-state index is 0.275. The minimum atomic E-state index is -3.52. The highest BCUT2D eigenvalue weighted by atomic mass is 32.2. The molecule has 0 spiro atoms. The SMILES string of the molecule is CCc1ccc(S(=O)(=O)N2CCN(C(=O)OC(C)(C)C)CC2)cc1. The predicted octanol–water partition coefficient (Wildman–Crippen LogP) is 2.49. The Kier molecular flexibility index (Phi) is 5.55. The summed E-state index contributed by atoms with van der Waals surface area (Å²) in [5.41, 5.74) is 0.546. The summed E-state index contributed by atoms with van der Waals surface area (Å²) in [6.07, 6.45) is 0.473. The number of piperazine rings is 1. The second-order valence-corrected chi connectivity index (χ2v) is 8.81. The molecule has 0 unspecified atom stereocenters. The highest BCUT2D eigenvalue weighted by Gasteiger charge is 2.31. The van der Waals surface area contributed by atoms with Crippen molar-refractivity contribution in [3.05, 3.63) is 29.8 Å². The molecule has 1 aromatic carbocycles. The van der Waals surface area contributed by atoms with E-state index in [9.17, 15) is 13.2 Å². The van der Waals surface area contributed by atoms with E-state index in [-0.39, 0.29) is 13.1 Å². The number of carbonyl (C=O) groups excluding carboxylic acids is 1. The van der Waals surface area contributed by atoms with Crippen LogP contribution in [0.3, 0.4) is 0 Å². The van der Waals surface area contributed by atoms with Crippen molar-refractivity contribution in [1.82, 2.24) is 9.21 Å². The molecule has 1 aliphatic rings. The Morgan fingerprint density at radius 2 is 1.62 bits per heavy atom. The smallest absolute Gasteiger partial charge is 0.410 e. The number of carbonyl (C=O) groups is 1. The van der Waals surface area contributed by atoms with Crippen molar-refractivity contribution in [3.8, 4) is 0 Å². The Labute approximate surface area is 144 Å². The van der Waals surface area contributed by atoms with Crippen molar-refractivity contribution >= 4 is 16.1 Å². The van der Waals surface area contributed by atoms with E-state index in [1.165, 1.54) is 4.31 Å². The lowest BCUT2D eigenvalue weighted by molar-refractivity contribution is 0.0192. The Balaban J connectivity index is 2.01. The van der Waals surface area contributed by atoms with Gasteiger partial charge in [-0.3, -0.25) is 0 Å². The molecule has 1 saturated heterocycles. The van der Waals surface area contributed by atoms with E-state index in [1.807, 2.05) is 39.8 Å². The van der Waals surface area contributed by atoms with Gasteiger partial charge in [-0.25, -0.2) is 13.2 Å². The van der Waals surface area contributed by atoms with Crippen LogP contribution in [0.15, 0.2) is 29.2 Å². The first-order valence-electron chi connectivity index (χ1n) is 8.20. The molecule has 7 heteroatoms. The molecule has 2 rings (SSSR count). The van der Waals surface area contributed by atoms with Gasteiger partial charge in [0.1, 0.15) is 5.60 Å². The zero-order valence-electron chi connectivity index (χ0n) is 14.8. The first-order valence-corrected chi connectivity index (χ1v) is 9.64. The molecule has 1 aliphatic heterocycles. The highest BCUT2D eigenvalue weighted by molar-refractivity contribution is 7.89. The van der Waals surface area contributed by atoms with Crippen LogP contribution in [0.1, 0.15) is 33.3 Å². The van der Waals surface area contributed by atoms with E-state index in [0.717, 1.165) is 12.0 Å². The van der Waals surface area contributed by atoms with Gasteiger partial charge in [0.2, 0.25) is 10.0 Å². The Morgan fingerprint density at radius 3 is 2.08 bits per heavy atom. The van der Waals surface area contributed by atoms with Crippen molar-refractivity contribution in [2.24, 2.45) is 0 Å². The summed E-state index contributed by atoms with van der Waals surface area (Å²) in [7, 11) is -3.52. The van der Waals surface area contributed by atoms with Gasteiger partial charge in [0.25, 0.3) is 0 Å². The zero-order valence-corrected chi connectivity index (χ0v) is 15.6. The van der Waals surface area contributed by atoms with Gasteiger partial charge in [-0.05, 0) is 44.9 Å². The number of aryl methyl sites for hydroxylation is 1. The van der Waals surface area contributed by atoms with E-state index in [0.29, 0.717) is 18.0 Å². The third-order valence-corrected chi connectivity index (χ3v) is 5.77. The average molecular weight is 354 g/mol. The standard InChI is InChI=1S/C17H26N2O4S/c1-5-14-6-8-15(9-7-14)24(21,22)19-12-10-18(11-13-19)16(20)23-17(2,3)4/h6-9H,5,10-13H2,1-4H3. The molecular formula is C17H26N2O4S. The molecule has 0 bridgehead atoms. The fraction of sp³-hybridized carbons (Fsp3) is 0.588. The normalized spacial score (nSPS) is 16.9. The quantitative estimate of drug-likeness (QED) is 0.836.